The van der Waals surface area contributed by atoms with Crippen LogP contribution < -0.4 is 5.32 Å². The van der Waals surface area contributed by atoms with Crippen LogP contribution in [0, 0.1) is 11.6 Å². The molecule has 0 bridgehead atoms. The van der Waals surface area contributed by atoms with Gasteiger partial charge in [-0.05, 0) is 37.1 Å². The van der Waals surface area contributed by atoms with Crippen molar-refractivity contribution in [1.29, 1.82) is 0 Å². The largest absolute Gasteiger partial charge is 0.310 e. The van der Waals surface area contributed by atoms with E-state index in [1.54, 1.807) is 6.07 Å². The Bertz CT molecular complexity index is 330. The maximum absolute atomic E-state index is 13.0. The van der Waals surface area contributed by atoms with E-state index >= 15 is 0 Å². The minimum Gasteiger partial charge on any atom is -0.310 e. The molecule has 0 radical (unpaired) electrons. The summed E-state index contributed by atoms with van der Waals surface area (Å²) < 4.78 is 25.8. The third-order valence-electron chi connectivity index (χ3n) is 2.91. The summed E-state index contributed by atoms with van der Waals surface area (Å²) in [7, 11) is 0. The van der Waals surface area contributed by atoms with Crippen molar-refractivity contribution in [2.24, 2.45) is 0 Å². The molecule has 1 aliphatic rings. The molecule has 1 heterocycles. The first-order valence-corrected chi connectivity index (χ1v) is 5.46. The summed E-state index contributed by atoms with van der Waals surface area (Å²) in [5, 5.41) is 3.36. The van der Waals surface area contributed by atoms with Gasteiger partial charge >= 0.3 is 0 Å². The van der Waals surface area contributed by atoms with Crippen molar-refractivity contribution in [3.05, 3.63) is 35.4 Å². The molecular weight excluding hydrogens is 196 g/mol. The van der Waals surface area contributed by atoms with Crippen LogP contribution in [0.3, 0.4) is 0 Å². The summed E-state index contributed by atoms with van der Waals surface area (Å²) in [5.74, 6) is -1.52. The molecule has 3 heteroatoms. The monoisotopic (exact) mass is 211 g/mol. The highest BCUT2D eigenvalue weighted by molar-refractivity contribution is 5.21. The Labute approximate surface area is 88.5 Å². The first-order valence-electron chi connectivity index (χ1n) is 5.46. The lowest BCUT2D eigenvalue weighted by molar-refractivity contribution is 0.494. The van der Waals surface area contributed by atoms with E-state index in [2.05, 4.69) is 5.32 Å². The fourth-order valence-corrected chi connectivity index (χ4v) is 2.04. The minimum absolute atomic E-state index is 0.183. The molecule has 1 atom stereocenters. The van der Waals surface area contributed by atoms with Crippen LogP contribution in [0.1, 0.15) is 37.3 Å². The van der Waals surface area contributed by atoms with E-state index in [-0.39, 0.29) is 6.04 Å². The van der Waals surface area contributed by atoms with Crippen molar-refractivity contribution in [1.82, 2.24) is 5.32 Å². The van der Waals surface area contributed by atoms with E-state index < -0.39 is 11.6 Å². The number of halogens is 2. The van der Waals surface area contributed by atoms with E-state index in [0.29, 0.717) is 0 Å². The summed E-state index contributed by atoms with van der Waals surface area (Å²) in [5.41, 5.74) is 0.857. The molecule has 0 saturated carbocycles. The van der Waals surface area contributed by atoms with Gasteiger partial charge in [-0.15, -0.1) is 0 Å². The van der Waals surface area contributed by atoms with E-state index in [1.807, 2.05) is 0 Å². The van der Waals surface area contributed by atoms with Crippen LogP contribution in [-0.2, 0) is 0 Å². The van der Waals surface area contributed by atoms with Gasteiger partial charge in [0, 0.05) is 6.04 Å². The summed E-state index contributed by atoms with van der Waals surface area (Å²) in [4.78, 5) is 0. The third kappa shape index (κ3) is 2.53. The summed E-state index contributed by atoms with van der Waals surface area (Å²) in [6.07, 6.45) is 4.54. The maximum atomic E-state index is 13.0. The van der Waals surface area contributed by atoms with Gasteiger partial charge in [-0.3, -0.25) is 0 Å². The zero-order valence-electron chi connectivity index (χ0n) is 8.60. The van der Waals surface area contributed by atoms with E-state index in [1.165, 1.54) is 25.0 Å². The second-order valence-corrected chi connectivity index (χ2v) is 4.03. The lowest BCUT2D eigenvalue weighted by Gasteiger charge is -2.16. The first-order chi connectivity index (χ1) is 7.27. The SMILES string of the molecule is Fc1ccc([C@@H]2CCCCCN2)cc1F. The van der Waals surface area contributed by atoms with Gasteiger partial charge in [0.05, 0.1) is 0 Å². The molecule has 1 fully saturated rings. The fourth-order valence-electron chi connectivity index (χ4n) is 2.04. The van der Waals surface area contributed by atoms with Gasteiger partial charge < -0.3 is 5.32 Å². The maximum Gasteiger partial charge on any atom is 0.159 e. The van der Waals surface area contributed by atoms with Crippen LogP contribution in [0.5, 0.6) is 0 Å². The van der Waals surface area contributed by atoms with Crippen molar-refractivity contribution >= 4 is 0 Å². The van der Waals surface area contributed by atoms with Gasteiger partial charge in [-0.25, -0.2) is 8.78 Å². The quantitative estimate of drug-likeness (QED) is 0.752. The minimum atomic E-state index is -0.771. The lowest BCUT2D eigenvalue weighted by Crippen LogP contribution is -2.20. The summed E-state index contributed by atoms with van der Waals surface area (Å²) in [6.45, 7) is 0.962. The Morgan fingerprint density at radius 2 is 1.93 bits per heavy atom. The molecule has 0 unspecified atom stereocenters. The van der Waals surface area contributed by atoms with Crippen molar-refractivity contribution in [3.63, 3.8) is 0 Å². The zero-order valence-corrected chi connectivity index (χ0v) is 8.60. The average molecular weight is 211 g/mol. The highest BCUT2D eigenvalue weighted by Crippen LogP contribution is 2.23. The predicted octanol–water partition coefficient (Wildman–Crippen LogP) is 3.17. The van der Waals surface area contributed by atoms with Crippen molar-refractivity contribution in [2.45, 2.75) is 31.7 Å². The second kappa shape index (κ2) is 4.71. The lowest BCUT2D eigenvalue weighted by atomic mass is 10.0. The van der Waals surface area contributed by atoms with Gasteiger partial charge in [0.25, 0.3) is 0 Å². The fraction of sp³-hybridized carbons (Fsp3) is 0.500. The van der Waals surface area contributed by atoms with E-state index in [4.69, 9.17) is 0 Å². The van der Waals surface area contributed by atoms with Crippen LogP contribution in [0.15, 0.2) is 18.2 Å². The molecule has 1 N–H and O–H groups in total. The molecule has 1 aliphatic heterocycles. The highest BCUT2D eigenvalue weighted by atomic mass is 19.2. The van der Waals surface area contributed by atoms with Gasteiger partial charge in [0.1, 0.15) is 0 Å². The molecule has 82 valence electrons. The van der Waals surface area contributed by atoms with E-state index in [9.17, 15) is 8.78 Å². The van der Waals surface area contributed by atoms with Crippen molar-refractivity contribution < 1.29 is 8.78 Å². The molecule has 1 aromatic rings. The van der Waals surface area contributed by atoms with Crippen LogP contribution in [0.4, 0.5) is 8.78 Å². The molecule has 1 nitrogen and oxygen atoms in total. The molecule has 15 heavy (non-hydrogen) atoms. The van der Waals surface area contributed by atoms with Gasteiger partial charge in [-0.1, -0.05) is 18.9 Å². The molecule has 1 saturated heterocycles. The van der Waals surface area contributed by atoms with Crippen molar-refractivity contribution in [3.8, 4) is 0 Å². The Balaban J connectivity index is 2.16. The number of rotatable bonds is 1. The summed E-state index contributed by atoms with van der Waals surface area (Å²) >= 11 is 0. The molecule has 0 aromatic heterocycles. The van der Waals surface area contributed by atoms with Gasteiger partial charge in [0.2, 0.25) is 0 Å². The zero-order chi connectivity index (χ0) is 10.7. The second-order valence-electron chi connectivity index (χ2n) is 4.03. The highest BCUT2D eigenvalue weighted by Gasteiger charge is 2.14. The Morgan fingerprint density at radius 3 is 2.73 bits per heavy atom. The normalized spacial score (nSPS) is 22.4. The Morgan fingerprint density at radius 1 is 1.07 bits per heavy atom. The van der Waals surface area contributed by atoms with Gasteiger partial charge in [-0.2, -0.15) is 0 Å². The molecule has 0 spiro atoms. The number of hydrogen-bond donors (Lipinski definition) is 1. The van der Waals surface area contributed by atoms with Crippen LogP contribution in [0.2, 0.25) is 0 Å². The van der Waals surface area contributed by atoms with E-state index in [0.717, 1.165) is 24.9 Å². The molecule has 1 aromatic carbocycles. The predicted molar refractivity (Wildman–Crippen MR) is 55.6 cm³/mol. The molecule has 2 rings (SSSR count). The standard InChI is InChI=1S/C12H15F2N/c13-10-6-5-9(8-11(10)14)12-4-2-1-3-7-15-12/h5-6,8,12,15H,1-4,7H2/t12-/m0/s1. The van der Waals surface area contributed by atoms with Gasteiger partial charge in [0.15, 0.2) is 11.6 Å². The molecule has 0 aliphatic carbocycles. The summed E-state index contributed by atoms with van der Waals surface area (Å²) in [6, 6.07) is 4.36. The third-order valence-corrected chi connectivity index (χ3v) is 2.91. The van der Waals surface area contributed by atoms with Crippen LogP contribution in [-0.4, -0.2) is 6.54 Å². The van der Waals surface area contributed by atoms with Crippen LogP contribution >= 0.6 is 0 Å². The first kappa shape index (κ1) is 10.6. The molecular formula is C12H15F2N. The average Bonchev–Trinajstić information content (AvgIpc) is 2.50. The topological polar surface area (TPSA) is 12.0 Å². The number of nitrogens with one attached hydrogen (secondary N) is 1. The number of benzene rings is 1. The van der Waals surface area contributed by atoms with Crippen molar-refractivity contribution in [2.75, 3.05) is 6.54 Å². The number of hydrogen-bond acceptors (Lipinski definition) is 1. The Kier molecular flexibility index (Phi) is 3.31. The van der Waals surface area contributed by atoms with Crippen LogP contribution in [0.25, 0.3) is 0 Å². The smallest absolute Gasteiger partial charge is 0.159 e. The Hall–Kier alpha value is -0.960. The molecule has 0 amide bonds.